The Bertz CT molecular complexity index is 570. The van der Waals surface area contributed by atoms with E-state index < -0.39 is 39.8 Å². The fourth-order valence-electron chi connectivity index (χ4n) is 2.65. The number of esters is 1. The third-order valence-corrected chi connectivity index (χ3v) is 5.77. The molecule has 146 valence electrons. The molecule has 0 aliphatic carbocycles. The number of hydrogen-bond donors (Lipinski definition) is 1. The van der Waals surface area contributed by atoms with Gasteiger partial charge in [-0.05, 0) is 40.0 Å². The lowest BCUT2D eigenvalue weighted by Crippen LogP contribution is -2.57. The van der Waals surface area contributed by atoms with Crippen LogP contribution < -0.4 is 5.32 Å². The second kappa shape index (κ2) is 8.84. The maximum absolute atomic E-state index is 12.6. The van der Waals surface area contributed by atoms with E-state index in [2.05, 4.69) is 5.32 Å². The van der Waals surface area contributed by atoms with Crippen molar-refractivity contribution in [3.8, 4) is 0 Å². The molecule has 0 spiro atoms. The number of unbranched alkanes of at least 4 members (excludes halogenated alkanes) is 1. The van der Waals surface area contributed by atoms with E-state index in [1.807, 2.05) is 6.92 Å². The third kappa shape index (κ3) is 6.81. The summed E-state index contributed by atoms with van der Waals surface area (Å²) < 4.78 is 36.3. The average molecular weight is 378 g/mol. The lowest BCUT2D eigenvalue weighted by molar-refractivity contribution is -0.146. The van der Waals surface area contributed by atoms with Crippen LogP contribution in [0.3, 0.4) is 0 Å². The summed E-state index contributed by atoms with van der Waals surface area (Å²) in [5.41, 5.74) is -0.639. The van der Waals surface area contributed by atoms with E-state index in [-0.39, 0.29) is 12.3 Å². The van der Waals surface area contributed by atoms with Gasteiger partial charge in [0.1, 0.15) is 11.6 Å². The summed E-state index contributed by atoms with van der Waals surface area (Å²) in [5, 5.41) is 2.69. The molecule has 2 atom stereocenters. The molecule has 1 rings (SSSR count). The second-order valence-corrected chi connectivity index (χ2v) is 9.24. The number of rotatable bonds is 6. The number of nitrogens with one attached hydrogen (secondary N) is 1. The first kappa shape index (κ1) is 21.7. The van der Waals surface area contributed by atoms with E-state index in [0.717, 1.165) is 6.42 Å². The van der Waals surface area contributed by atoms with Crippen molar-refractivity contribution in [3.05, 3.63) is 0 Å². The van der Waals surface area contributed by atoms with Crippen LogP contribution in [-0.4, -0.2) is 61.9 Å². The van der Waals surface area contributed by atoms with Crippen molar-refractivity contribution in [1.82, 2.24) is 9.62 Å². The number of amides is 1. The van der Waals surface area contributed by atoms with E-state index in [1.54, 1.807) is 20.8 Å². The van der Waals surface area contributed by atoms with E-state index in [1.165, 1.54) is 11.4 Å². The van der Waals surface area contributed by atoms with Crippen LogP contribution in [0.5, 0.6) is 0 Å². The summed E-state index contributed by atoms with van der Waals surface area (Å²) in [6.45, 7) is 7.19. The Morgan fingerprint density at radius 2 is 1.88 bits per heavy atom. The van der Waals surface area contributed by atoms with Gasteiger partial charge in [-0.3, -0.25) is 4.79 Å². The number of methoxy groups -OCH3 is 1. The Balaban J connectivity index is 2.87. The molecule has 0 radical (unpaired) electrons. The first-order valence-electron chi connectivity index (χ1n) is 8.57. The van der Waals surface area contributed by atoms with Gasteiger partial charge in [-0.25, -0.2) is 13.2 Å². The second-order valence-electron chi connectivity index (χ2n) is 7.20. The van der Waals surface area contributed by atoms with Gasteiger partial charge in [0.05, 0.1) is 12.9 Å². The highest BCUT2D eigenvalue weighted by molar-refractivity contribution is 7.89. The van der Waals surface area contributed by atoms with E-state index in [0.29, 0.717) is 19.3 Å². The fourth-order valence-corrected chi connectivity index (χ4v) is 4.53. The number of carbonyl (C=O) groups excluding carboxylic acids is 2. The largest absolute Gasteiger partial charge is 0.468 e. The van der Waals surface area contributed by atoms with Crippen LogP contribution in [0.1, 0.15) is 53.4 Å². The standard InChI is InChI=1S/C16H30N2O6S/c1-6-7-10-25(21,22)18-11-12(8-9-13(18)14(19)23-5)17-15(20)24-16(2,3)4/h12-13H,6-11H2,1-5H3,(H,17,20)/t12-,13-/m0/s1. The number of nitrogens with zero attached hydrogens (tertiary/aromatic N) is 1. The van der Waals surface area contributed by atoms with Crippen LogP contribution in [0, 0.1) is 0 Å². The Labute approximate surface area is 150 Å². The van der Waals surface area contributed by atoms with Gasteiger partial charge >= 0.3 is 12.1 Å². The molecule has 9 heteroatoms. The van der Waals surface area contributed by atoms with Crippen molar-refractivity contribution in [2.24, 2.45) is 0 Å². The average Bonchev–Trinajstić information content (AvgIpc) is 2.50. The van der Waals surface area contributed by atoms with Crippen molar-refractivity contribution >= 4 is 22.1 Å². The lowest BCUT2D eigenvalue weighted by Gasteiger charge is -2.37. The van der Waals surface area contributed by atoms with Crippen LogP contribution in [0.15, 0.2) is 0 Å². The molecule has 0 unspecified atom stereocenters. The number of ether oxygens (including phenoxy) is 2. The van der Waals surface area contributed by atoms with Crippen molar-refractivity contribution in [3.63, 3.8) is 0 Å². The first-order chi connectivity index (χ1) is 11.5. The SMILES string of the molecule is CCCCS(=O)(=O)N1C[C@@H](NC(=O)OC(C)(C)C)CC[C@H]1C(=O)OC. The highest BCUT2D eigenvalue weighted by atomic mass is 32.2. The zero-order valence-electron chi connectivity index (χ0n) is 15.7. The predicted molar refractivity (Wildman–Crippen MR) is 93.6 cm³/mol. The monoisotopic (exact) mass is 378 g/mol. The maximum Gasteiger partial charge on any atom is 0.407 e. The van der Waals surface area contributed by atoms with Crippen molar-refractivity contribution in [1.29, 1.82) is 0 Å². The molecule has 1 aliphatic rings. The number of sulfonamides is 1. The van der Waals surface area contributed by atoms with E-state index >= 15 is 0 Å². The molecule has 1 aliphatic heterocycles. The van der Waals surface area contributed by atoms with Crippen LogP contribution in [0.4, 0.5) is 4.79 Å². The molecule has 8 nitrogen and oxygen atoms in total. The maximum atomic E-state index is 12.6. The molecule has 0 aromatic heterocycles. The predicted octanol–water partition coefficient (Wildman–Crippen LogP) is 1.65. The van der Waals surface area contributed by atoms with Crippen LogP contribution in [0.25, 0.3) is 0 Å². The topological polar surface area (TPSA) is 102 Å². The summed E-state index contributed by atoms with van der Waals surface area (Å²) in [7, 11) is -2.37. The molecular weight excluding hydrogens is 348 g/mol. The first-order valence-corrected chi connectivity index (χ1v) is 10.2. The molecule has 1 fully saturated rings. The highest BCUT2D eigenvalue weighted by Crippen LogP contribution is 2.23. The Hall–Kier alpha value is -1.35. The summed E-state index contributed by atoms with van der Waals surface area (Å²) in [5.74, 6) is -0.605. The molecule has 0 aromatic rings. The van der Waals surface area contributed by atoms with Crippen molar-refractivity contribution in [2.75, 3.05) is 19.4 Å². The molecule has 0 bridgehead atoms. The summed E-state index contributed by atoms with van der Waals surface area (Å²) in [4.78, 5) is 23.9. The zero-order valence-corrected chi connectivity index (χ0v) is 16.5. The number of carbonyl (C=O) groups is 2. The molecule has 1 saturated heterocycles. The van der Waals surface area contributed by atoms with E-state index in [4.69, 9.17) is 9.47 Å². The summed E-state index contributed by atoms with van der Waals surface area (Å²) in [6.07, 6.45) is 1.41. The third-order valence-electron chi connectivity index (χ3n) is 3.84. The van der Waals surface area contributed by atoms with Gasteiger partial charge in [0.15, 0.2) is 0 Å². The molecule has 1 N–H and O–H groups in total. The number of alkyl carbamates (subject to hydrolysis) is 1. The Morgan fingerprint density at radius 3 is 2.40 bits per heavy atom. The van der Waals surface area contributed by atoms with Crippen LogP contribution in [0.2, 0.25) is 0 Å². The lowest BCUT2D eigenvalue weighted by atomic mass is 10.0. The molecule has 0 aromatic carbocycles. The van der Waals surface area contributed by atoms with E-state index in [9.17, 15) is 18.0 Å². The van der Waals surface area contributed by atoms with Gasteiger partial charge < -0.3 is 14.8 Å². The van der Waals surface area contributed by atoms with Gasteiger partial charge in [0, 0.05) is 12.6 Å². The summed E-state index contributed by atoms with van der Waals surface area (Å²) >= 11 is 0. The molecular formula is C16H30N2O6S. The number of hydrogen-bond acceptors (Lipinski definition) is 6. The van der Waals surface area contributed by atoms with Crippen LogP contribution in [-0.2, 0) is 24.3 Å². The smallest absolute Gasteiger partial charge is 0.407 e. The van der Waals surface area contributed by atoms with Gasteiger partial charge in [-0.1, -0.05) is 13.3 Å². The molecule has 1 amide bonds. The van der Waals surface area contributed by atoms with Gasteiger partial charge in [0.2, 0.25) is 10.0 Å². The zero-order chi connectivity index (χ0) is 19.3. The summed E-state index contributed by atoms with van der Waals surface area (Å²) in [6, 6.07) is -1.25. The normalized spacial score (nSPS) is 22.3. The Kier molecular flexibility index (Phi) is 7.67. The van der Waals surface area contributed by atoms with Gasteiger partial charge in [0.25, 0.3) is 0 Å². The Morgan fingerprint density at radius 1 is 1.24 bits per heavy atom. The van der Waals surface area contributed by atoms with Crippen molar-refractivity contribution < 1.29 is 27.5 Å². The fraction of sp³-hybridized carbons (Fsp3) is 0.875. The quantitative estimate of drug-likeness (QED) is 0.705. The molecule has 1 heterocycles. The van der Waals surface area contributed by atoms with Crippen molar-refractivity contribution in [2.45, 2.75) is 71.1 Å². The number of piperidine rings is 1. The highest BCUT2D eigenvalue weighted by Gasteiger charge is 2.41. The van der Waals surface area contributed by atoms with Crippen LogP contribution >= 0.6 is 0 Å². The minimum atomic E-state index is -3.61. The molecule has 0 saturated carbocycles. The van der Waals surface area contributed by atoms with Gasteiger partial charge in [-0.15, -0.1) is 0 Å². The molecule has 25 heavy (non-hydrogen) atoms. The van der Waals surface area contributed by atoms with Gasteiger partial charge in [-0.2, -0.15) is 4.31 Å². The minimum Gasteiger partial charge on any atom is -0.468 e. The minimum absolute atomic E-state index is 0.0316.